The highest BCUT2D eigenvalue weighted by Crippen LogP contribution is 2.19. The minimum atomic E-state index is -1.95. The van der Waals surface area contributed by atoms with Crippen LogP contribution in [0.2, 0.25) is 0 Å². The van der Waals surface area contributed by atoms with Crippen molar-refractivity contribution in [3.8, 4) is 11.5 Å². The summed E-state index contributed by atoms with van der Waals surface area (Å²) in [6.07, 6.45) is -2.97. The molecule has 0 radical (unpaired) electrons. The molecule has 0 unspecified atom stereocenters. The van der Waals surface area contributed by atoms with Crippen molar-refractivity contribution in [2.45, 2.75) is 263 Å². The fraction of sp³-hybridized carbons (Fsp3) is 0.583. The van der Waals surface area contributed by atoms with Gasteiger partial charge in [0, 0.05) is 69.9 Å². The SMILES string of the molecule is CC(=O)N[C@@H](CS)C(=O)N[C@@H](CC(C)C)C(=O)N[C@@H](CCCNC(=N)N)C(=O)N[C@@H](Cc1cnc[nH]1)C(=O)N[C@@H](Cc1ccc(O)cc1)C(=O)N[C@@H](CC(C)C)C(=O)N[C@@H](CC(N)=O)C(=O)N[C@@H](CC(C)C)C(=O)N[C@@H](CC(C)C)C(=O)N[C@H](C(=O)N[C@@H](CCCNC(=N)N)C(=O)N[C@@H](CCC(N)=O)C(=O)N[C@@H](CCCNC(=N)N)C(=O)N[C@@H](Cc1ccc(O)cc1)C(N)=O)[C@@H](C)O. The van der Waals surface area contributed by atoms with Crippen LogP contribution in [0.5, 0.6) is 11.5 Å². The fourth-order valence-electron chi connectivity index (χ4n) is 13.5. The molecule has 36 N–H and O–H groups in total. The van der Waals surface area contributed by atoms with Crippen molar-refractivity contribution in [3.63, 3.8) is 0 Å². The van der Waals surface area contributed by atoms with Gasteiger partial charge in [0.15, 0.2) is 17.9 Å². The number of nitrogens with one attached hydrogen (secondary N) is 21. The number of phenols is 2. The van der Waals surface area contributed by atoms with Gasteiger partial charge in [-0.1, -0.05) is 79.7 Å². The van der Waals surface area contributed by atoms with E-state index >= 15 is 9.59 Å². The summed E-state index contributed by atoms with van der Waals surface area (Å²) in [6.45, 7) is 15.9. The number of nitrogens with zero attached hydrogens (tertiary/aromatic N) is 1. The lowest BCUT2D eigenvalue weighted by Crippen LogP contribution is -2.62. The maximum Gasteiger partial charge on any atom is 0.245 e. The number of benzene rings is 2. The minimum absolute atomic E-state index is 0.0121. The van der Waals surface area contributed by atoms with Crippen molar-refractivity contribution in [1.29, 1.82) is 16.2 Å². The molecule has 17 amide bonds. The normalized spacial score (nSPS) is 14.5. The number of amides is 17. The lowest BCUT2D eigenvalue weighted by Gasteiger charge is -2.30. The van der Waals surface area contributed by atoms with Crippen LogP contribution in [0.3, 0.4) is 0 Å². The maximum atomic E-state index is 15.0. The van der Waals surface area contributed by atoms with Crippen LogP contribution in [0.25, 0.3) is 0 Å². The molecule has 0 fully saturated rings. The van der Waals surface area contributed by atoms with E-state index in [-0.39, 0.29) is 126 Å². The number of H-pyrrole nitrogens is 1. The number of aromatic hydroxyl groups is 2. The Bertz CT molecular complexity index is 4430. The maximum absolute atomic E-state index is 15.0. The Kier molecular flexibility index (Phi) is 49.7. The van der Waals surface area contributed by atoms with Crippen LogP contribution < -0.4 is 125 Å². The third-order valence-corrected chi connectivity index (χ3v) is 20.5. The molecule has 2 aromatic carbocycles. The van der Waals surface area contributed by atoms with Gasteiger partial charge in [-0.05, 0) is 137 Å². The van der Waals surface area contributed by atoms with Crippen molar-refractivity contribution in [1.82, 2.24) is 100 Å². The highest BCUT2D eigenvalue weighted by molar-refractivity contribution is 7.80. The average molecular weight is 1890 g/mol. The highest BCUT2D eigenvalue weighted by atomic mass is 32.1. The van der Waals surface area contributed by atoms with E-state index in [4.69, 9.17) is 50.6 Å². The zero-order chi connectivity index (χ0) is 100. The van der Waals surface area contributed by atoms with Crippen LogP contribution in [-0.2, 0) is 101 Å². The summed E-state index contributed by atoms with van der Waals surface area (Å²) in [7, 11) is 0. The first-order valence-corrected chi connectivity index (χ1v) is 44.2. The Labute approximate surface area is 776 Å². The number of rotatable bonds is 61. The number of aliphatic hydroxyl groups is 1. The standard InChI is InChI=1S/C84H136N28O20S/c1-41(2)30-57(108-80(131)64(39-133)99-46(10)114)73(124)101-53(15-12-28-96-83(90)91)71(122)110-62(36-49-38-94-40-98-49)77(128)109-61(35-48-19-23-51(116)24-20-48)76(127)105-59(32-43(5)6)75(126)111-63(37-66(86)118)78(129)106-58(31-42(3)4)74(125)107-60(33-44(7)8)79(130)112-67(45(9)113)81(132)103-54(16-13-29-97-84(92)93)69(120)102-55(25-26-65(85)117)72(123)100-52(14-11-27-95-82(88)89)70(121)104-56(68(87)119)34-47-17-21-50(115)22-18-47/h17-24,38,40-45,52-64,67,113,115-116,133H,11-16,25-37,39H2,1-10H3,(H2,85,117)(H2,86,118)(H2,87,119)(H,94,98)(H,99,114)(H,100,123)(H,101,124)(H,102,120)(H,103,132)(H,104,121)(H,105,127)(H,106,129)(H,107,125)(H,108,131)(H,109,128)(H,110,122)(H,111,126)(H,112,130)(H4,88,89,95)(H4,90,91,96)(H4,92,93,97)/t45-,52+,53+,54+,55+,56+,57+,58+,59+,60+,61+,62+,63+,64+,67+/m1/s1. The molecule has 15 atom stereocenters. The van der Waals surface area contributed by atoms with E-state index in [1.54, 1.807) is 55.4 Å². The molecule has 738 valence electrons. The van der Waals surface area contributed by atoms with Gasteiger partial charge in [0.2, 0.25) is 100 Å². The van der Waals surface area contributed by atoms with Gasteiger partial charge in [0.1, 0.15) is 96.1 Å². The number of guanidine groups is 3. The van der Waals surface area contributed by atoms with Gasteiger partial charge >= 0.3 is 0 Å². The highest BCUT2D eigenvalue weighted by Gasteiger charge is 2.40. The number of imidazole rings is 1. The van der Waals surface area contributed by atoms with Crippen LogP contribution in [0.1, 0.15) is 170 Å². The molecule has 0 saturated heterocycles. The summed E-state index contributed by atoms with van der Waals surface area (Å²) >= 11 is 4.18. The van der Waals surface area contributed by atoms with Gasteiger partial charge in [-0.25, -0.2) is 4.98 Å². The quantitative estimate of drug-likeness (QED) is 0.0108. The van der Waals surface area contributed by atoms with Crippen molar-refractivity contribution < 1.29 is 96.8 Å². The summed E-state index contributed by atoms with van der Waals surface area (Å²) in [6, 6.07) is -10.9. The zero-order valence-corrected chi connectivity index (χ0v) is 77.4. The lowest BCUT2D eigenvalue weighted by atomic mass is 9.98. The molecule has 0 bridgehead atoms. The van der Waals surface area contributed by atoms with Crippen LogP contribution in [0.15, 0.2) is 61.1 Å². The number of phenolic OH excluding ortho intramolecular Hbond substituents is 2. The predicted molar refractivity (Wildman–Crippen MR) is 491 cm³/mol. The molecule has 0 spiro atoms. The molecule has 0 aliphatic heterocycles. The molecule has 0 saturated carbocycles. The summed E-state index contributed by atoms with van der Waals surface area (Å²) in [5.41, 5.74) is 34.5. The van der Waals surface area contributed by atoms with Crippen molar-refractivity contribution in [3.05, 3.63) is 77.9 Å². The monoisotopic (exact) mass is 1890 g/mol. The Morgan fingerprint density at radius 1 is 0.368 bits per heavy atom. The number of aliphatic hydroxyl groups excluding tert-OH is 1. The molecule has 48 nitrogen and oxygen atoms in total. The number of hydrogen-bond acceptors (Lipinski definition) is 25. The molecule has 0 aliphatic carbocycles. The number of carbonyl (C=O) groups excluding carboxylic acids is 17. The number of aromatic nitrogens is 2. The number of nitrogens with two attached hydrogens (primary N) is 6. The van der Waals surface area contributed by atoms with E-state index < -0.39 is 246 Å². The van der Waals surface area contributed by atoms with Crippen LogP contribution in [0.4, 0.5) is 0 Å². The number of hydrogen-bond donors (Lipinski definition) is 31. The first-order chi connectivity index (χ1) is 62.4. The topological polar surface area (TPSA) is 812 Å². The van der Waals surface area contributed by atoms with Crippen molar-refractivity contribution in [2.24, 2.45) is 58.1 Å². The molecular weight excluding hydrogens is 1750 g/mol. The Balaban J connectivity index is 2.03. The molecular formula is C84H136N28O20S. The van der Waals surface area contributed by atoms with Crippen LogP contribution >= 0.6 is 12.6 Å². The Hall–Kier alpha value is -13.6. The molecule has 0 aliphatic rings. The van der Waals surface area contributed by atoms with E-state index in [9.17, 15) is 87.2 Å². The third-order valence-electron chi connectivity index (χ3n) is 20.2. The Morgan fingerprint density at radius 2 is 0.662 bits per heavy atom. The molecule has 3 rings (SSSR count). The van der Waals surface area contributed by atoms with Gasteiger partial charge in [0.25, 0.3) is 0 Å². The first-order valence-electron chi connectivity index (χ1n) is 43.6. The third kappa shape index (κ3) is 44.7. The molecule has 1 aromatic heterocycles. The molecule has 49 heteroatoms. The zero-order valence-electron chi connectivity index (χ0n) is 76.5. The van der Waals surface area contributed by atoms with E-state index in [0.29, 0.717) is 16.8 Å². The van der Waals surface area contributed by atoms with Crippen molar-refractivity contribution >= 4 is 131 Å². The molecule has 133 heavy (non-hydrogen) atoms. The molecule has 3 aromatic rings. The number of primary amides is 3. The lowest BCUT2D eigenvalue weighted by molar-refractivity contribution is -0.138. The van der Waals surface area contributed by atoms with Crippen molar-refractivity contribution in [2.75, 3.05) is 25.4 Å². The first kappa shape index (κ1) is 114. The van der Waals surface area contributed by atoms with Crippen LogP contribution in [0, 0.1) is 39.9 Å². The summed E-state index contributed by atoms with van der Waals surface area (Å²) in [4.78, 5) is 246. The number of aromatic amines is 1. The summed E-state index contributed by atoms with van der Waals surface area (Å²) < 4.78 is 0. The van der Waals surface area contributed by atoms with E-state index in [0.717, 1.165) is 6.92 Å². The van der Waals surface area contributed by atoms with Gasteiger partial charge in [-0.15, -0.1) is 0 Å². The van der Waals surface area contributed by atoms with E-state index in [1.165, 1.54) is 68.0 Å². The largest absolute Gasteiger partial charge is 0.508 e. The molecule has 1 heterocycles. The second-order valence-corrected chi connectivity index (χ2v) is 34.3. The van der Waals surface area contributed by atoms with Gasteiger partial charge in [-0.3, -0.25) is 97.7 Å². The number of carbonyl (C=O) groups is 17. The summed E-state index contributed by atoms with van der Waals surface area (Å²) in [5.74, 6) is -20.0. The smallest absolute Gasteiger partial charge is 0.245 e. The Morgan fingerprint density at radius 3 is 0.977 bits per heavy atom. The van der Waals surface area contributed by atoms with Gasteiger partial charge in [-0.2, -0.15) is 12.6 Å². The van der Waals surface area contributed by atoms with E-state index in [1.807, 2.05) is 0 Å². The van der Waals surface area contributed by atoms with Gasteiger partial charge in [0.05, 0.1) is 18.9 Å². The van der Waals surface area contributed by atoms with Gasteiger partial charge < -0.3 is 145 Å². The second-order valence-electron chi connectivity index (χ2n) is 34.0. The van der Waals surface area contributed by atoms with E-state index in [2.05, 4.69) is 113 Å². The average Bonchev–Trinajstić information content (AvgIpc) is 1.35. The fourth-order valence-corrected chi connectivity index (χ4v) is 13.8. The second kappa shape index (κ2) is 58.2. The minimum Gasteiger partial charge on any atom is -0.508 e. The number of thiol groups is 1. The predicted octanol–water partition coefficient (Wildman–Crippen LogP) is -6.43. The summed E-state index contributed by atoms with van der Waals surface area (Å²) in [5, 5.41) is 97.7. The van der Waals surface area contributed by atoms with Crippen LogP contribution in [-0.4, -0.2) is 260 Å².